The molecule has 1 aromatic heterocycles. The molecule has 0 fully saturated rings. The third-order valence-corrected chi connectivity index (χ3v) is 4.87. The van der Waals surface area contributed by atoms with Crippen LogP contribution in [0.1, 0.15) is 43.8 Å². The van der Waals surface area contributed by atoms with Crippen LogP contribution in [0, 0.1) is 0 Å². The standard InChI is InChI=1S/C23H27N5O3/c1-5-24-22-20-23(27-21(26-20)15(2)3)28(14-25-22)12-16-8-9-18(29-4)19(11-16)31-13-17-7-6-10-30-17/h6-11,14-15,24H,5,12-13H2,1-4H3. The van der Waals surface area contributed by atoms with Gasteiger partial charge >= 0.3 is 0 Å². The van der Waals surface area contributed by atoms with E-state index in [4.69, 9.17) is 23.9 Å². The van der Waals surface area contributed by atoms with Crippen molar-refractivity contribution in [1.29, 1.82) is 0 Å². The maximum Gasteiger partial charge on any atom is 0.166 e. The van der Waals surface area contributed by atoms with Crippen molar-refractivity contribution in [2.75, 3.05) is 19.0 Å². The average Bonchev–Trinajstić information content (AvgIpc) is 3.44. The summed E-state index contributed by atoms with van der Waals surface area (Å²) in [6.07, 6.45) is 3.43. The maximum absolute atomic E-state index is 5.94. The first-order valence-electron chi connectivity index (χ1n) is 10.4. The molecule has 2 aliphatic rings. The Bertz CT molecular complexity index is 1100. The highest BCUT2D eigenvalue weighted by Gasteiger charge is 2.21. The molecule has 0 saturated carbocycles. The lowest BCUT2D eigenvalue weighted by Gasteiger charge is -2.15. The summed E-state index contributed by atoms with van der Waals surface area (Å²) in [5.41, 5.74) is 1.82. The fraction of sp³-hybridized carbons (Fsp3) is 0.348. The number of imidazole rings is 1. The van der Waals surface area contributed by atoms with Gasteiger partial charge in [-0.3, -0.25) is 0 Å². The van der Waals surface area contributed by atoms with Gasteiger partial charge in [-0.25, -0.2) is 15.0 Å². The highest BCUT2D eigenvalue weighted by atomic mass is 16.5. The van der Waals surface area contributed by atoms with E-state index in [1.165, 1.54) is 0 Å². The third-order valence-electron chi connectivity index (χ3n) is 4.87. The van der Waals surface area contributed by atoms with E-state index in [2.05, 4.69) is 24.1 Å². The van der Waals surface area contributed by atoms with Crippen LogP contribution in [0.5, 0.6) is 11.5 Å². The summed E-state index contributed by atoms with van der Waals surface area (Å²) in [6, 6.07) is 9.60. The number of aromatic nitrogens is 4. The van der Waals surface area contributed by atoms with Gasteiger partial charge in [-0.15, -0.1) is 0 Å². The smallest absolute Gasteiger partial charge is 0.166 e. The topological polar surface area (TPSA) is 87.2 Å². The number of fused-ring (bicyclic) bond motifs is 1. The molecule has 0 unspecified atom stereocenters. The largest absolute Gasteiger partial charge is 0.493 e. The van der Waals surface area contributed by atoms with Crippen LogP contribution in [0.3, 0.4) is 0 Å². The Hall–Kier alpha value is -3.55. The summed E-state index contributed by atoms with van der Waals surface area (Å²) in [5, 5.41) is 3.28. The van der Waals surface area contributed by atoms with E-state index in [0.717, 1.165) is 41.0 Å². The first-order chi connectivity index (χ1) is 15.1. The van der Waals surface area contributed by atoms with E-state index >= 15 is 0 Å². The summed E-state index contributed by atoms with van der Waals surface area (Å²) in [4.78, 5) is 14.1. The van der Waals surface area contributed by atoms with Gasteiger partial charge in [-0.05, 0) is 36.8 Å². The van der Waals surface area contributed by atoms with Gasteiger partial charge in [0.05, 0.1) is 26.2 Å². The fourth-order valence-electron chi connectivity index (χ4n) is 3.30. The van der Waals surface area contributed by atoms with Gasteiger partial charge in [0.25, 0.3) is 0 Å². The van der Waals surface area contributed by atoms with Crippen LogP contribution >= 0.6 is 0 Å². The number of hydrogen-bond acceptors (Lipinski definition) is 7. The van der Waals surface area contributed by atoms with Crippen molar-refractivity contribution in [3.63, 3.8) is 0 Å². The molecule has 8 nitrogen and oxygen atoms in total. The zero-order valence-electron chi connectivity index (χ0n) is 18.3. The second-order valence-corrected chi connectivity index (χ2v) is 7.51. The lowest BCUT2D eigenvalue weighted by molar-refractivity contribution is 0.256. The third kappa shape index (κ3) is 4.47. The lowest BCUT2D eigenvalue weighted by atomic mass is 10.2. The van der Waals surface area contributed by atoms with Crippen LogP contribution < -0.4 is 14.8 Å². The number of benzene rings is 1. The first kappa shape index (κ1) is 20.7. The van der Waals surface area contributed by atoms with Gasteiger partial charge in [0.1, 0.15) is 18.2 Å². The van der Waals surface area contributed by atoms with Crippen molar-refractivity contribution in [3.05, 3.63) is 60.1 Å². The number of ether oxygens (including phenoxy) is 2. The normalized spacial score (nSPS) is 11.3. The van der Waals surface area contributed by atoms with E-state index in [1.807, 2.05) is 41.8 Å². The van der Waals surface area contributed by atoms with E-state index in [0.29, 0.717) is 24.7 Å². The average molecular weight is 422 g/mol. The molecule has 31 heavy (non-hydrogen) atoms. The summed E-state index contributed by atoms with van der Waals surface area (Å²) in [6.45, 7) is 7.89. The number of hydrogen-bond donors (Lipinski definition) is 1. The molecular formula is C23H27N5O3. The van der Waals surface area contributed by atoms with Crippen LogP contribution in [-0.4, -0.2) is 33.2 Å². The first-order valence-corrected chi connectivity index (χ1v) is 10.4. The second-order valence-electron chi connectivity index (χ2n) is 7.51. The van der Waals surface area contributed by atoms with Crippen LogP contribution in [0.25, 0.3) is 11.5 Å². The van der Waals surface area contributed by atoms with Gasteiger partial charge in [0.15, 0.2) is 28.8 Å². The number of anilines is 1. The summed E-state index contributed by atoms with van der Waals surface area (Å²) >= 11 is 0. The summed E-state index contributed by atoms with van der Waals surface area (Å²) in [7, 11) is 1.63. The van der Waals surface area contributed by atoms with Crippen LogP contribution in [0.2, 0.25) is 0 Å². The van der Waals surface area contributed by atoms with E-state index in [9.17, 15) is 0 Å². The molecule has 2 aromatic rings. The molecule has 2 aliphatic heterocycles. The predicted molar refractivity (Wildman–Crippen MR) is 118 cm³/mol. The number of methoxy groups -OCH3 is 1. The molecule has 0 amide bonds. The molecular weight excluding hydrogens is 394 g/mol. The second kappa shape index (κ2) is 9.07. The van der Waals surface area contributed by atoms with Gasteiger partial charge in [0, 0.05) is 12.5 Å². The highest BCUT2D eigenvalue weighted by Crippen LogP contribution is 2.31. The molecule has 8 heteroatoms. The fourth-order valence-corrected chi connectivity index (χ4v) is 3.30. The minimum Gasteiger partial charge on any atom is -0.493 e. The zero-order chi connectivity index (χ0) is 21.8. The Balaban J connectivity index is 1.63. The van der Waals surface area contributed by atoms with Crippen molar-refractivity contribution in [2.45, 2.75) is 39.8 Å². The van der Waals surface area contributed by atoms with E-state index in [1.54, 1.807) is 19.7 Å². The van der Waals surface area contributed by atoms with Crippen molar-refractivity contribution in [2.24, 2.45) is 0 Å². The predicted octanol–water partition coefficient (Wildman–Crippen LogP) is 4.56. The summed E-state index contributed by atoms with van der Waals surface area (Å²) in [5.74, 6) is 4.68. The van der Waals surface area contributed by atoms with E-state index < -0.39 is 0 Å². The van der Waals surface area contributed by atoms with Crippen LogP contribution in [0.4, 0.5) is 5.82 Å². The number of rotatable bonds is 9. The van der Waals surface area contributed by atoms with Gasteiger partial charge in [-0.1, -0.05) is 19.9 Å². The summed E-state index contributed by atoms with van der Waals surface area (Å²) < 4.78 is 18.8. The quantitative estimate of drug-likeness (QED) is 0.424. The van der Waals surface area contributed by atoms with Gasteiger partial charge in [0.2, 0.25) is 0 Å². The Morgan fingerprint density at radius 3 is 2.74 bits per heavy atom. The molecule has 3 heterocycles. The molecule has 0 bridgehead atoms. The molecule has 4 rings (SSSR count). The van der Waals surface area contributed by atoms with Crippen molar-refractivity contribution < 1.29 is 13.9 Å². The number of nitrogens with zero attached hydrogens (tertiary/aromatic N) is 4. The molecule has 162 valence electrons. The molecule has 0 saturated heterocycles. The molecule has 1 aromatic carbocycles. The Labute approximate surface area is 181 Å². The molecule has 0 radical (unpaired) electrons. The van der Waals surface area contributed by atoms with Crippen LogP contribution in [-0.2, 0) is 13.2 Å². The monoisotopic (exact) mass is 421 g/mol. The van der Waals surface area contributed by atoms with E-state index in [-0.39, 0.29) is 5.92 Å². The van der Waals surface area contributed by atoms with Gasteiger partial charge in [-0.2, -0.15) is 0 Å². The van der Waals surface area contributed by atoms with Crippen molar-refractivity contribution >= 4 is 5.82 Å². The Morgan fingerprint density at radius 2 is 2.03 bits per heavy atom. The van der Waals surface area contributed by atoms with Crippen molar-refractivity contribution in [3.8, 4) is 23.0 Å². The van der Waals surface area contributed by atoms with Gasteiger partial charge < -0.3 is 23.8 Å². The Morgan fingerprint density at radius 1 is 1.16 bits per heavy atom. The molecule has 0 aliphatic carbocycles. The highest BCUT2D eigenvalue weighted by molar-refractivity contribution is 5.67. The Kier molecular flexibility index (Phi) is 6.06. The number of furan rings is 1. The lowest BCUT2D eigenvalue weighted by Crippen LogP contribution is -2.11. The molecule has 0 spiro atoms. The van der Waals surface area contributed by atoms with Crippen LogP contribution in [0.15, 0.2) is 47.3 Å². The SMILES string of the molecule is CCNc1ncn(Cc2ccc(OC)c(OCc3ccco3)c2)c2nc(C(C)C)nc1-2. The van der Waals surface area contributed by atoms with Crippen molar-refractivity contribution in [1.82, 2.24) is 19.5 Å². The maximum atomic E-state index is 5.94. The molecule has 0 atom stereocenters. The number of nitrogens with one attached hydrogen (secondary N) is 1. The minimum absolute atomic E-state index is 0.234. The minimum atomic E-state index is 0.234. The zero-order valence-corrected chi connectivity index (χ0v) is 18.3. The molecule has 1 N–H and O–H groups in total.